The van der Waals surface area contributed by atoms with Crippen molar-refractivity contribution in [3.63, 3.8) is 0 Å². The average Bonchev–Trinajstić information content (AvgIpc) is 2.78. The maximum atomic E-state index is 13.4. The number of halogens is 2. The van der Waals surface area contributed by atoms with E-state index in [9.17, 15) is 4.39 Å². The van der Waals surface area contributed by atoms with Gasteiger partial charge in [0.2, 0.25) is 0 Å². The summed E-state index contributed by atoms with van der Waals surface area (Å²) in [5, 5.41) is -0.326. The zero-order valence-corrected chi connectivity index (χ0v) is 18.4. The quantitative estimate of drug-likeness (QED) is 0.200. The van der Waals surface area contributed by atoms with Gasteiger partial charge in [0.1, 0.15) is 5.82 Å². The molecule has 1 atom stereocenters. The number of hydrogen-bond acceptors (Lipinski definition) is 0. The van der Waals surface area contributed by atoms with E-state index in [0.717, 1.165) is 11.7 Å². The lowest BCUT2D eigenvalue weighted by molar-refractivity contribution is 0.627. The van der Waals surface area contributed by atoms with Crippen LogP contribution < -0.4 is 0 Å². The molecule has 144 valence electrons. The first-order valence-electron chi connectivity index (χ1n) is 9.55. The van der Waals surface area contributed by atoms with Crippen LogP contribution in [-0.4, -0.2) is 0 Å². The van der Waals surface area contributed by atoms with Crippen molar-refractivity contribution in [2.75, 3.05) is 0 Å². The van der Waals surface area contributed by atoms with Crippen LogP contribution in [0.1, 0.15) is 22.3 Å². The van der Waals surface area contributed by atoms with E-state index >= 15 is 0 Å². The molecule has 0 nitrogen and oxygen atoms in total. The van der Waals surface area contributed by atoms with Gasteiger partial charge in [0, 0.05) is 6.16 Å². The van der Waals surface area contributed by atoms with Gasteiger partial charge in [-0.15, -0.1) is 0 Å². The third-order valence-electron chi connectivity index (χ3n) is 5.17. The Morgan fingerprint density at radius 2 is 0.966 bits per heavy atom. The second-order valence-corrected chi connectivity index (χ2v) is 11.2. The molecular weight excluding hydrogens is 442 g/mol. The van der Waals surface area contributed by atoms with E-state index in [2.05, 4.69) is 106 Å². The molecule has 0 N–H and O–H groups in total. The van der Waals surface area contributed by atoms with Crippen molar-refractivity contribution in [3.8, 4) is 0 Å². The number of rotatable bonds is 6. The molecular formula is C26H21BrFP. The Morgan fingerprint density at radius 3 is 1.34 bits per heavy atom. The predicted molar refractivity (Wildman–Crippen MR) is 125 cm³/mol. The topological polar surface area (TPSA) is 0 Å². The van der Waals surface area contributed by atoms with Gasteiger partial charge in [0.25, 0.3) is 0 Å². The minimum absolute atomic E-state index is 0.201. The van der Waals surface area contributed by atoms with Gasteiger partial charge in [-0.1, -0.05) is 119 Å². The summed E-state index contributed by atoms with van der Waals surface area (Å²) < 4.78 is 13.4. The second-order valence-electron chi connectivity index (χ2n) is 6.96. The molecule has 4 aromatic carbocycles. The first-order chi connectivity index (χ1) is 14.2. The predicted octanol–water partition coefficient (Wildman–Crippen LogP) is 8.11. The highest BCUT2D eigenvalue weighted by Crippen LogP contribution is 2.69. The Morgan fingerprint density at radius 1 is 0.586 bits per heavy atom. The Hall–Kier alpha value is -2.28. The number of hydrogen-bond donors (Lipinski definition) is 0. The van der Waals surface area contributed by atoms with Crippen LogP contribution in [0.3, 0.4) is 0 Å². The lowest BCUT2D eigenvalue weighted by Gasteiger charge is -2.40. The van der Waals surface area contributed by atoms with Gasteiger partial charge >= 0.3 is 0 Å². The second kappa shape index (κ2) is 9.03. The van der Waals surface area contributed by atoms with Crippen LogP contribution in [-0.2, 0) is 11.3 Å². The summed E-state index contributed by atoms with van der Waals surface area (Å²) in [5.74, 6) is -0.201. The average molecular weight is 463 g/mol. The zero-order chi connectivity index (χ0) is 20.1. The molecule has 0 radical (unpaired) electrons. The molecule has 0 aromatic heterocycles. The van der Waals surface area contributed by atoms with Crippen LogP contribution in [0.5, 0.6) is 0 Å². The third kappa shape index (κ3) is 4.06. The van der Waals surface area contributed by atoms with Gasteiger partial charge in [-0.3, -0.25) is 0 Å². The molecule has 29 heavy (non-hydrogen) atoms. The van der Waals surface area contributed by atoms with Crippen LogP contribution in [0.15, 0.2) is 115 Å². The van der Waals surface area contributed by atoms with Crippen molar-refractivity contribution < 1.29 is 4.39 Å². The van der Waals surface area contributed by atoms with E-state index in [0.29, 0.717) is 0 Å². The summed E-state index contributed by atoms with van der Waals surface area (Å²) in [4.78, 5) is 0. The zero-order valence-electron chi connectivity index (χ0n) is 15.9. The lowest BCUT2D eigenvalue weighted by atomic mass is 9.84. The molecule has 0 fully saturated rings. The van der Waals surface area contributed by atoms with Crippen molar-refractivity contribution in [3.05, 3.63) is 143 Å². The maximum absolute atomic E-state index is 13.4. The van der Waals surface area contributed by atoms with E-state index < -0.39 is 6.62 Å². The van der Waals surface area contributed by atoms with E-state index in [-0.39, 0.29) is 11.0 Å². The standard InChI is InChI=1S/C26H21BrFP/c27-29(20-21-16-18-25(28)19-17-21)26(22-10-4-1-5-11-22,23-12-6-2-7-13-23)24-14-8-3-9-15-24/h1-19H,20H2. The Kier molecular flexibility index (Phi) is 6.23. The first kappa shape index (κ1) is 20.0. The third-order valence-corrected chi connectivity index (χ3v) is 9.67. The van der Waals surface area contributed by atoms with Gasteiger partial charge in [0.15, 0.2) is 0 Å². The molecule has 1 unspecified atom stereocenters. The molecule has 4 aromatic rings. The summed E-state index contributed by atoms with van der Waals surface area (Å²) in [6.07, 6.45) is 0.828. The molecule has 0 aliphatic rings. The molecule has 0 spiro atoms. The van der Waals surface area contributed by atoms with Crippen LogP contribution in [0.2, 0.25) is 0 Å². The van der Waals surface area contributed by atoms with Crippen LogP contribution in [0.4, 0.5) is 4.39 Å². The van der Waals surface area contributed by atoms with E-state index in [1.54, 1.807) is 12.1 Å². The van der Waals surface area contributed by atoms with Crippen LogP contribution >= 0.6 is 22.1 Å². The van der Waals surface area contributed by atoms with Gasteiger partial charge < -0.3 is 0 Å². The van der Waals surface area contributed by atoms with Crippen molar-refractivity contribution in [2.45, 2.75) is 11.3 Å². The summed E-state index contributed by atoms with van der Waals surface area (Å²) in [7, 11) is 0. The SMILES string of the molecule is Fc1ccc(CP(Br)C(c2ccccc2)(c2ccccc2)c2ccccc2)cc1. The van der Waals surface area contributed by atoms with Gasteiger partial charge in [-0.2, -0.15) is 0 Å². The highest BCUT2D eigenvalue weighted by atomic mass is 79.9. The minimum Gasteiger partial charge on any atom is -0.207 e. The smallest absolute Gasteiger partial charge is 0.123 e. The Labute approximate surface area is 180 Å². The molecule has 0 aliphatic heterocycles. The minimum atomic E-state index is -0.753. The van der Waals surface area contributed by atoms with E-state index in [1.165, 1.54) is 16.7 Å². The first-order valence-corrected chi connectivity index (χ1v) is 13.1. The van der Waals surface area contributed by atoms with Crippen molar-refractivity contribution in [1.29, 1.82) is 0 Å². The maximum Gasteiger partial charge on any atom is 0.123 e. The fourth-order valence-electron chi connectivity index (χ4n) is 3.83. The van der Waals surface area contributed by atoms with Crippen molar-refractivity contribution in [2.24, 2.45) is 0 Å². The van der Waals surface area contributed by atoms with E-state index in [1.807, 2.05) is 12.1 Å². The fraction of sp³-hybridized carbons (Fsp3) is 0.0769. The van der Waals surface area contributed by atoms with Gasteiger partial charge in [-0.25, -0.2) is 4.39 Å². The fourth-order valence-corrected chi connectivity index (χ4v) is 8.59. The van der Waals surface area contributed by atoms with Gasteiger partial charge in [0.05, 0.1) is 5.16 Å². The van der Waals surface area contributed by atoms with Gasteiger partial charge in [-0.05, 0) is 41.0 Å². The molecule has 0 heterocycles. The highest BCUT2D eigenvalue weighted by molar-refractivity contribution is 9.39. The number of benzene rings is 4. The summed E-state index contributed by atoms with van der Waals surface area (Å²) in [6, 6.07) is 38.9. The molecule has 4 rings (SSSR count). The highest BCUT2D eigenvalue weighted by Gasteiger charge is 2.42. The van der Waals surface area contributed by atoms with Crippen LogP contribution in [0, 0.1) is 5.82 Å². The molecule has 0 aliphatic carbocycles. The molecule has 0 bridgehead atoms. The van der Waals surface area contributed by atoms with E-state index in [4.69, 9.17) is 0 Å². The summed E-state index contributed by atoms with van der Waals surface area (Å²) in [5.41, 5.74) is 4.88. The largest absolute Gasteiger partial charge is 0.207 e. The molecule has 0 saturated carbocycles. The summed E-state index contributed by atoms with van der Waals surface area (Å²) in [6.45, 7) is -0.753. The Bertz CT molecular complexity index is 938. The lowest BCUT2D eigenvalue weighted by Crippen LogP contribution is -2.26. The Balaban J connectivity index is 1.93. The van der Waals surface area contributed by atoms with Crippen molar-refractivity contribution >= 4 is 22.1 Å². The molecule has 3 heteroatoms. The monoisotopic (exact) mass is 462 g/mol. The normalized spacial score (nSPS) is 12.5. The molecule has 0 amide bonds. The summed E-state index contributed by atoms with van der Waals surface area (Å²) >= 11 is 4.14. The molecule has 0 saturated heterocycles. The van der Waals surface area contributed by atoms with Crippen LogP contribution in [0.25, 0.3) is 0 Å². The van der Waals surface area contributed by atoms with Crippen molar-refractivity contribution in [1.82, 2.24) is 0 Å².